The summed E-state index contributed by atoms with van der Waals surface area (Å²) in [6, 6.07) is 15.3. The van der Waals surface area contributed by atoms with Crippen molar-refractivity contribution >= 4 is 5.97 Å². The lowest BCUT2D eigenvalue weighted by Gasteiger charge is -2.29. The summed E-state index contributed by atoms with van der Waals surface area (Å²) in [5.41, 5.74) is 4.88. The lowest BCUT2D eigenvalue weighted by atomic mass is 9.77. The van der Waals surface area contributed by atoms with Crippen LogP contribution in [0.1, 0.15) is 88.7 Å². The molecule has 1 fully saturated rings. The van der Waals surface area contributed by atoms with Crippen LogP contribution in [0.4, 0.5) is 0 Å². The quantitative estimate of drug-likeness (QED) is 0.167. The van der Waals surface area contributed by atoms with Crippen LogP contribution in [0.2, 0.25) is 0 Å². The van der Waals surface area contributed by atoms with Crippen molar-refractivity contribution in [1.82, 2.24) is 0 Å². The first-order chi connectivity index (χ1) is 17.6. The molecule has 2 aromatic carbocycles. The fourth-order valence-corrected chi connectivity index (χ4v) is 5.29. The van der Waals surface area contributed by atoms with Crippen LogP contribution >= 0.6 is 0 Å². The predicted octanol–water partition coefficient (Wildman–Crippen LogP) is 7.63. The van der Waals surface area contributed by atoms with Crippen molar-refractivity contribution in [3.63, 3.8) is 0 Å². The molecule has 0 spiro atoms. The van der Waals surface area contributed by atoms with Gasteiger partial charge < -0.3 is 14.6 Å². The normalized spacial score (nSPS) is 17.9. The standard InChI is InChI=1S/C32H44O4/c1-3-5-6-9-25-11-13-26(14-12-25)27-15-17-28(18-16-27)29-19-20-31(35-23-21-33)30(24-29)10-7-22-36-32(34)8-4-2/h4,8,15-20,24-26,33H,3,5-7,9-14,21-23H2,1-2H3/b8-4+. The van der Waals surface area contributed by atoms with Crippen molar-refractivity contribution in [2.24, 2.45) is 5.92 Å². The maximum absolute atomic E-state index is 11.6. The molecule has 36 heavy (non-hydrogen) atoms. The van der Waals surface area contributed by atoms with Gasteiger partial charge in [-0.1, -0.05) is 69.0 Å². The van der Waals surface area contributed by atoms with E-state index in [-0.39, 0.29) is 19.2 Å². The number of ether oxygens (including phenoxy) is 2. The number of aliphatic hydroxyl groups excluding tert-OH is 1. The Balaban J connectivity index is 1.61. The van der Waals surface area contributed by atoms with Crippen LogP contribution < -0.4 is 4.74 Å². The first-order valence-electron chi connectivity index (χ1n) is 13.9. The van der Waals surface area contributed by atoms with Gasteiger partial charge in [-0.25, -0.2) is 4.79 Å². The molecule has 0 saturated heterocycles. The third-order valence-corrected chi connectivity index (χ3v) is 7.32. The van der Waals surface area contributed by atoms with Crippen LogP contribution in [0.3, 0.4) is 0 Å². The third-order valence-electron chi connectivity index (χ3n) is 7.32. The largest absolute Gasteiger partial charge is 0.491 e. The molecule has 0 unspecified atom stereocenters. The lowest BCUT2D eigenvalue weighted by Crippen LogP contribution is -2.13. The second kappa shape index (κ2) is 15.5. The van der Waals surface area contributed by atoms with Gasteiger partial charge in [0.1, 0.15) is 12.4 Å². The zero-order valence-electron chi connectivity index (χ0n) is 22.2. The molecule has 0 aromatic heterocycles. The van der Waals surface area contributed by atoms with Gasteiger partial charge in [-0.3, -0.25) is 0 Å². The Morgan fingerprint density at radius 2 is 1.72 bits per heavy atom. The summed E-state index contributed by atoms with van der Waals surface area (Å²) in [6.45, 7) is 4.68. The van der Waals surface area contributed by atoms with Crippen LogP contribution in [-0.2, 0) is 16.0 Å². The van der Waals surface area contributed by atoms with Crippen LogP contribution in [0.5, 0.6) is 5.75 Å². The molecule has 2 aromatic rings. The topological polar surface area (TPSA) is 55.8 Å². The molecule has 0 amide bonds. The summed E-state index contributed by atoms with van der Waals surface area (Å²) in [5.74, 6) is 2.09. The van der Waals surface area contributed by atoms with Gasteiger partial charge >= 0.3 is 5.97 Å². The van der Waals surface area contributed by atoms with Gasteiger partial charge in [0.2, 0.25) is 0 Å². The Hall–Kier alpha value is -2.59. The molecule has 1 aliphatic rings. The zero-order valence-corrected chi connectivity index (χ0v) is 22.2. The van der Waals surface area contributed by atoms with Gasteiger partial charge in [-0.05, 0) is 91.7 Å². The van der Waals surface area contributed by atoms with Crippen molar-refractivity contribution < 1.29 is 19.4 Å². The number of hydrogen-bond donors (Lipinski definition) is 1. The maximum atomic E-state index is 11.6. The van der Waals surface area contributed by atoms with Gasteiger partial charge in [0.05, 0.1) is 13.2 Å². The second-order valence-electron chi connectivity index (χ2n) is 10.0. The van der Waals surface area contributed by atoms with Gasteiger partial charge in [-0.2, -0.15) is 0 Å². The molecule has 0 radical (unpaired) electrons. The summed E-state index contributed by atoms with van der Waals surface area (Å²) in [4.78, 5) is 11.6. The van der Waals surface area contributed by atoms with E-state index in [0.29, 0.717) is 18.9 Å². The van der Waals surface area contributed by atoms with Crippen LogP contribution in [0.15, 0.2) is 54.6 Å². The van der Waals surface area contributed by atoms with Crippen molar-refractivity contribution in [1.29, 1.82) is 0 Å². The van der Waals surface area contributed by atoms with E-state index in [1.165, 1.54) is 68.6 Å². The number of unbranched alkanes of at least 4 members (excludes halogenated alkanes) is 2. The van der Waals surface area contributed by atoms with Crippen LogP contribution in [0.25, 0.3) is 11.1 Å². The number of carbonyl (C=O) groups excluding carboxylic acids is 1. The van der Waals surface area contributed by atoms with E-state index in [1.54, 1.807) is 13.0 Å². The van der Waals surface area contributed by atoms with E-state index in [0.717, 1.165) is 29.2 Å². The first kappa shape index (κ1) is 28.0. The van der Waals surface area contributed by atoms with E-state index in [9.17, 15) is 9.90 Å². The van der Waals surface area contributed by atoms with Crippen LogP contribution in [-0.4, -0.2) is 30.9 Å². The number of carbonyl (C=O) groups is 1. The second-order valence-corrected chi connectivity index (χ2v) is 10.0. The highest BCUT2D eigenvalue weighted by atomic mass is 16.5. The molecule has 4 heteroatoms. The van der Waals surface area contributed by atoms with E-state index in [1.807, 2.05) is 6.07 Å². The summed E-state index contributed by atoms with van der Waals surface area (Å²) in [7, 11) is 0. The Bertz CT molecular complexity index is 939. The van der Waals surface area contributed by atoms with Gasteiger partial charge in [0, 0.05) is 6.08 Å². The highest BCUT2D eigenvalue weighted by Gasteiger charge is 2.22. The molecule has 0 heterocycles. The number of esters is 1. The van der Waals surface area contributed by atoms with Crippen molar-refractivity contribution in [2.45, 2.75) is 84.0 Å². The zero-order chi connectivity index (χ0) is 25.6. The van der Waals surface area contributed by atoms with E-state index >= 15 is 0 Å². The van der Waals surface area contributed by atoms with Gasteiger partial charge in [0.15, 0.2) is 0 Å². The summed E-state index contributed by atoms with van der Waals surface area (Å²) >= 11 is 0. The highest BCUT2D eigenvalue weighted by Crippen LogP contribution is 2.38. The van der Waals surface area contributed by atoms with Gasteiger partial charge in [0.25, 0.3) is 0 Å². The summed E-state index contributed by atoms with van der Waals surface area (Å²) in [5, 5.41) is 9.18. The molecule has 3 rings (SSSR count). The molecule has 1 saturated carbocycles. The number of rotatable bonds is 14. The minimum Gasteiger partial charge on any atom is -0.491 e. The number of benzene rings is 2. The molecule has 196 valence electrons. The highest BCUT2D eigenvalue weighted by molar-refractivity contribution is 5.81. The van der Waals surface area contributed by atoms with Crippen molar-refractivity contribution in [2.75, 3.05) is 19.8 Å². The Labute approximate surface area is 217 Å². The molecule has 0 aliphatic heterocycles. The van der Waals surface area contributed by atoms with Gasteiger partial charge in [-0.15, -0.1) is 0 Å². The monoisotopic (exact) mass is 492 g/mol. The average Bonchev–Trinajstić information content (AvgIpc) is 2.91. The number of hydrogen-bond acceptors (Lipinski definition) is 4. The molecule has 1 aliphatic carbocycles. The van der Waals surface area contributed by atoms with E-state index in [4.69, 9.17) is 9.47 Å². The Morgan fingerprint density at radius 3 is 2.42 bits per heavy atom. The Kier molecular flexibility index (Phi) is 12.1. The lowest BCUT2D eigenvalue weighted by molar-refractivity contribution is -0.137. The van der Waals surface area contributed by atoms with Crippen molar-refractivity contribution in [3.8, 4) is 16.9 Å². The minimum absolute atomic E-state index is 0.0235. The molecular weight excluding hydrogens is 448 g/mol. The third kappa shape index (κ3) is 8.81. The summed E-state index contributed by atoms with van der Waals surface area (Å²) in [6.07, 6.45) is 15.4. The molecule has 1 N–H and O–H groups in total. The average molecular weight is 493 g/mol. The van der Waals surface area contributed by atoms with Crippen molar-refractivity contribution in [3.05, 3.63) is 65.7 Å². The number of allylic oxidation sites excluding steroid dienone is 1. The number of aliphatic hydroxyl groups is 1. The fourth-order valence-electron chi connectivity index (χ4n) is 5.29. The first-order valence-corrected chi connectivity index (χ1v) is 13.9. The van der Waals surface area contributed by atoms with E-state index in [2.05, 4.69) is 43.3 Å². The maximum Gasteiger partial charge on any atom is 0.330 e. The molecular formula is C32H44O4. The predicted molar refractivity (Wildman–Crippen MR) is 147 cm³/mol. The fraction of sp³-hybridized carbons (Fsp3) is 0.531. The van der Waals surface area contributed by atoms with E-state index < -0.39 is 0 Å². The molecule has 4 nitrogen and oxygen atoms in total. The SMILES string of the molecule is C/C=C/C(=O)OCCCc1cc(-c2ccc(C3CCC(CCCCC)CC3)cc2)ccc1OCCO. The Morgan fingerprint density at radius 1 is 0.972 bits per heavy atom. The molecule has 0 bridgehead atoms. The van der Waals surface area contributed by atoms with Crippen LogP contribution in [0, 0.1) is 5.92 Å². The number of aryl methyl sites for hydroxylation is 1. The smallest absolute Gasteiger partial charge is 0.330 e. The summed E-state index contributed by atoms with van der Waals surface area (Å²) < 4.78 is 11.0. The molecule has 0 atom stereocenters. The minimum atomic E-state index is -0.312.